The number of nitro groups is 1. The van der Waals surface area contributed by atoms with Crippen LogP contribution in [0, 0.1) is 10.1 Å². The molecule has 1 fully saturated rings. The van der Waals surface area contributed by atoms with Gasteiger partial charge in [0.15, 0.2) is 0 Å². The minimum absolute atomic E-state index is 0.0484. The van der Waals surface area contributed by atoms with Crippen molar-refractivity contribution in [2.24, 2.45) is 0 Å². The number of nitro benzene ring substituents is 1. The molecule has 1 amide bonds. The van der Waals surface area contributed by atoms with E-state index in [0.29, 0.717) is 12.8 Å². The first kappa shape index (κ1) is 15.7. The number of aliphatic hydroxyl groups is 1. The van der Waals surface area contributed by atoms with Crippen molar-refractivity contribution < 1.29 is 14.8 Å². The average molecular weight is 313 g/mol. The number of carbonyl (C=O) groups is 1. The third-order valence-electron chi connectivity index (χ3n) is 3.91. The van der Waals surface area contributed by atoms with Crippen molar-refractivity contribution in [3.63, 3.8) is 0 Å². The Morgan fingerprint density at radius 2 is 2.10 bits per heavy atom. The van der Waals surface area contributed by atoms with Crippen molar-refractivity contribution in [1.29, 1.82) is 0 Å². The molecule has 1 aliphatic rings. The summed E-state index contributed by atoms with van der Waals surface area (Å²) in [4.78, 5) is 24.4. The first-order valence-electron chi connectivity index (χ1n) is 6.81. The van der Waals surface area contributed by atoms with E-state index in [1.54, 1.807) is 7.05 Å². The van der Waals surface area contributed by atoms with Gasteiger partial charge in [-0.2, -0.15) is 0 Å². The molecule has 1 N–H and O–H groups in total. The summed E-state index contributed by atoms with van der Waals surface area (Å²) in [6.45, 7) is 0. The Bertz CT molecular complexity index is 564. The molecule has 1 aromatic rings. The summed E-state index contributed by atoms with van der Waals surface area (Å²) in [7, 11) is 1.56. The smallest absolute Gasteiger partial charge is 0.300 e. The second kappa shape index (κ2) is 6.41. The third-order valence-corrected chi connectivity index (χ3v) is 4.22. The van der Waals surface area contributed by atoms with Crippen LogP contribution in [-0.4, -0.2) is 40.0 Å². The Kier molecular flexibility index (Phi) is 4.80. The molecule has 1 saturated carbocycles. The number of para-hydroxylation sites is 1. The highest BCUT2D eigenvalue weighted by molar-refractivity contribution is 6.33. The van der Waals surface area contributed by atoms with Gasteiger partial charge in [-0.1, -0.05) is 30.5 Å². The summed E-state index contributed by atoms with van der Waals surface area (Å²) in [5, 5.41) is 21.1. The number of likely N-dealkylation sites (N-methyl/N-ethyl adjacent to an activating group) is 1. The predicted octanol–water partition coefficient (Wildman–Crippen LogP) is 2.62. The summed E-state index contributed by atoms with van der Waals surface area (Å²) in [5.41, 5.74) is -0.436. The lowest BCUT2D eigenvalue weighted by Crippen LogP contribution is -2.46. The fraction of sp³-hybridized carbons (Fsp3) is 0.500. The van der Waals surface area contributed by atoms with Gasteiger partial charge >= 0.3 is 5.69 Å². The Morgan fingerprint density at radius 3 is 2.71 bits per heavy atom. The molecule has 0 radical (unpaired) electrons. The molecule has 0 heterocycles. The Morgan fingerprint density at radius 1 is 1.43 bits per heavy atom. The van der Waals surface area contributed by atoms with Gasteiger partial charge in [-0.3, -0.25) is 14.9 Å². The van der Waals surface area contributed by atoms with Gasteiger partial charge in [0.05, 0.1) is 17.1 Å². The monoisotopic (exact) mass is 312 g/mol. The van der Waals surface area contributed by atoms with Crippen LogP contribution in [0.5, 0.6) is 0 Å². The molecule has 0 saturated heterocycles. The number of halogens is 1. The van der Waals surface area contributed by atoms with E-state index in [9.17, 15) is 20.0 Å². The highest BCUT2D eigenvalue weighted by Gasteiger charge is 2.33. The van der Waals surface area contributed by atoms with Crippen LogP contribution < -0.4 is 0 Å². The van der Waals surface area contributed by atoms with Gasteiger partial charge in [0, 0.05) is 7.05 Å². The van der Waals surface area contributed by atoms with E-state index in [1.165, 1.54) is 23.1 Å². The topological polar surface area (TPSA) is 83.7 Å². The summed E-state index contributed by atoms with van der Waals surface area (Å²) >= 11 is 5.83. The van der Waals surface area contributed by atoms with Crippen molar-refractivity contribution in [3.8, 4) is 0 Å². The Labute approximate surface area is 127 Å². The SMILES string of the molecule is CN(C(=O)c1cccc(Cl)c1[N+](=O)[O-])C1CCCCC1O. The molecule has 1 aromatic carbocycles. The first-order chi connectivity index (χ1) is 9.93. The molecular weight excluding hydrogens is 296 g/mol. The van der Waals surface area contributed by atoms with Gasteiger partial charge in [-0.15, -0.1) is 0 Å². The number of nitrogens with zero attached hydrogens (tertiary/aromatic N) is 2. The second-order valence-corrected chi connectivity index (χ2v) is 5.64. The average Bonchev–Trinajstić information content (AvgIpc) is 2.45. The van der Waals surface area contributed by atoms with Gasteiger partial charge in [0.25, 0.3) is 5.91 Å². The summed E-state index contributed by atoms with van der Waals surface area (Å²) in [5.74, 6) is -0.491. The van der Waals surface area contributed by atoms with E-state index in [2.05, 4.69) is 0 Å². The van der Waals surface area contributed by atoms with Crippen LogP contribution >= 0.6 is 11.6 Å². The van der Waals surface area contributed by atoms with Crippen LogP contribution in [0.25, 0.3) is 0 Å². The van der Waals surface area contributed by atoms with Gasteiger partial charge in [0.2, 0.25) is 0 Å². The largest absolute Gasteiger partial charge is 0.391 e. The molecule has 0 aromatic heterocycles. The van der Waals surface area contributed by atoms with Gasteiger partial charge < -0.3 is 10.0 Å². The molecular formula is C14H17ClN2O4. The second-order valence-electron chi connectivity index (χ2n) is 5.23. The normalized spacial score (nSPS) is 21.9. The van der Waals surface area contributed by atoms with Crippen LogP contribution in [0.4, 0.5) is 5.69 Å². The molecule has 2 atom stereocenters. The number of amides is 1. The number of rotatable bonds is 3. The third kappa shape index (κ3) is 3.16. The highest BCUT2D eigenvalue weighted by Crippen LogP contribution is 2.30. The van der Waals surface area contributed by atoms with Crippen molar-refractivity contribution >= 4 is 23.2 Å². The molecule has 0 bridgehead atoms. The Balaban J connectivity index is 2.31. The molecule has 0 aliphatic heterocycles. The first-order valence-corrected chi connectivity index (χ1v) is 7.19. The highest BCUT2D eigenvalue weighted by atomic mass is 35.5. The van der Waals surface area contributed by atoms with E-state index in [1.807, 2.05) is 0 Å². The van der Waals surface area contributed by atoms with Crippen molar-refractivity contribution in [1.82, 2.24) is 4.90 Å². The van der Waals surface area contributed by atoms with Gasteiger partial charge in [-0.25, -0.2) is 0 Å². The standard InChI is InChI=1S/C14H17ClN2O4/c1-16(11-7-2-3-8-12(11)18)14(19)9-5-4-6-10(15)13(9)17(20)21/h4-6,11-12,18H,2-3,7-8H2,1H3. The van der Waals surface area contributed by atoms with E-state index in [4.69, 9.17) is 11.6 Å². The predicted molar refractivity (Wildman–Crippen MR) is 78.5 cm³/mol. The molecule has 7 heteroatoms. The maximum absolute atomic E-state index is 12.5. The Hall–Kier alpha value is -1.66. The molecule has 21 heavy (non-hydrogen) atoms. The van der Waals surface area contributed by atoms with Crippen molar-refractivity contribution in [3.05, 3.63) is 38.9 Å². The maximum Gasteiger partial charge on any atom is 0.300 e. The van der Waals surface area contributed by atoms with Crippen molar-refractivity contribution in [2.45, 2.75) is 37.8 Å². The van der Waals surface area contributed by atoms with Crippen LogP contribution in [0.1, 0.15) is 36.0 Å². The zero-order chi connectivity index (χ0) is 15.6. The maximum atomic E-state index is 12.5. The van der Waals surface area contributed by atoms with E-state index in [-0.39, 0.29) is 22.3 Å². The molecule has 0 spiro atoms. The van der Waals surface area contributed by atoms with Crippen LogP contribution in [0.3, 0.4) is 0 Å². The number of hydrogen-bond donors (Lipinski definition) is 1. The van der Waals surface area contributed by atoms with E-state index < -0.39 is 16.9 Å². The number of carbonyl (C=O) groups excluding carboxylic acids is 1. The van der Waals surface area contributed by atoms with Crippen LogP contribution in [-0.2, 0) is 0 Å². The van der Waals surface area contributed by atoms with Crippen LogP contribution in [0.2, 0.25) is 5.02 Å². The van der Waals surface area contributed by atoms with Crippen LogP contribution in [0.15, 0.2) is 18.2 Å². The lowest BCUT2D eigenvalue weighted by Gasteiger charge is -2.35. The fourth-order valence-electron chi connectivity index (χ4n) is 2.76. The number of hydrogen-bond acceptors (Lipinski definition) is 4. The summed E-state index contributed by atoms with van der Waals surface area (Å²) in [6, 6.07) is 3.96. The lowest BCUT2D eigenvalue weighted by atomic mass is 9.91. The molecule has 6 nitrogen and oxygen atoms in total. The van der Waals surface area contributed by atoms with E-state index >= 15 is 0 Å². The molecule has 114 valence electrons. The molecule has 2 unspecified atom stereocenters. The lowest BCUT2D eigenvalue weighted by molar-refractivity contribution is -0.385. The fourth-order valence-corrected chi connectivity index (χ4v) is 3.00. The van der Waals surface area contributed by atoms with Crippen molar-refractivity contribution in [2.75, 3.05) is 7.05 Å². The van der Waals surface area contributed by atoms with E-state index in [0.717, 1.165) is 12.8 Å². The minimum atomic E-state index is -0.652. The van der Waals surface area contributed by atoms with Gasteiger partial charge in [-0.05, 0) is 25.0 Å². The number of benzene rings is 1. The number of aliphatic hydroxyl groups excluding tert-OH is 1. The molecule has 1 aliphatic carbocycles. The quantitative estimate of drug-likeness (QED) is 0.687. The van der Waals surface area contributed by atoms with Gasteiger partial charge in [0.1, 0.15) is 10.6 Å². The zero-order valence-electron chi connectivity index (χ0n) is 11.7. The molecule has 2 rings (SSSR count). The summed E-state index contributed by atoms with van der Waals surface area (Å²) in [6.07, 6.45) is 2.59. The minimum Gasteiger partial charge on any atom is -0.391 e. The summed E-state index contributed by atoms with van der Waals surface area (Å²) < 4.78 is 0. The zero-order valence-corrected chi connectivity index (χ0v) is 12.4.